The predicted octanol–water partition coefficient (Wildman–Crippen LogP) is -0.277. The van der Waals surface area contributed by atoms with Crippen molar-refractivity contribution in [2.75, 3.05) is 0 Å². The lowest BCUT2D eigenvalue weighted by Crippen LogP contribution is -1.62. The number of hydrogen-bond acceptors (Lipinski definition) is 1. The standard InChI is InChI=1S/C3HO/c4-3-1-2-3/h1H. The molecule has 0 bridgehead atoms. The van der Waals surface area contributed by atoms with Crippen LogP contribution in [0.2, 0.25) is 0 Å². The van der Waals surface area contributed by atoms with E-state index in [1.807, 2.05) is 0 Å². The van der Waals surface area contributed by atoms with Gasteiger partial charge in [0, 0.05) is 6.07 Å². The third-order valence-electron chi connectivity index (χ3n) is 0.262. The zero-order chi connectivity index (χ0) is 2.99. The highest BCUT2D eigenvalue weighted by atomic mass is 16.1. The maximum absolute atomic E-state index is 9.39. The van der Waals surface area contributed by atoms with Crippen LogP contribution in [0.4, 0.5) is 0 Å². The Hall–Kier alpha value is -0.590. The largest absolute Gasteiger partial charge is 0.289 e. The van der Waals surface area contributed by atoms with Gasteiger partial charge in [-0.3, -0.25) is 4.79 Å². The van der Waals surface area contributed by atoms with E-state index >= 15 is 0 Å². The Morgan fingerprint density at radius 2 is 2.25 bits per heavy atom. The molecule has 1 aromatic rings. The molecular formula is C3HO. The van der Waals surface area contributed by atoms with Crippen LogP contribution in [0, 0.1) is 6.07 Å². The van der Waals surface area contributed by atoms with Crippen LogP contribution in [0.5, 0.6) is 0 Å². The van der Waals surface area contributed by atoms with Gasteiger partial charge in [0.2, 0.25) is 0 Å². The fourth-order valence-electron chi connectivity index (χ4n) is 0.0295. The first-order valence-electron chi connectivity index (χ1n) is 1.03. The van der Waals surface area contributed by atoms with Gasteiger partial charge in [0.05, 0.1) is 0 Å². The number of rotatable bonds is 0. The second kappa shape index (κ2) is 0.246. The van der Waals surface area contributed by atoms with Crippen LogP contribution in [0.25, 0.3) is 0 Å². The number of hydrogen-bond donors (Lipinski definition) is 0. The summed E-state index contributed by atoms with van der Waals surface area (Å²) in [5.41, 5.74) is 0.0417. The van der Waals surface area contributed by atoms with Crippen LogP contribution in [0.1, 0.15) is 0 Å². The van der Waals surface area contributed by atoms with Gasteiger partial charge in [0.15, 0.2) is 5.43 Å². The molecule has 1 aromatic carbocycles. The van der Waals surface area contributed by atoms with Crippen molar-refractivity contribution in [1.29, 1.82) is 0 Å². The van der Waals surface area contributed by atoms with Crippen LogP contribution in [0.3, 0.4) is 0 Å². The van der Waals surface area contributed by atoms with Gasteiger partial charge < -0.3 is 0 Å². The van der Waals surface area contributed by atoms with Gasteiger partial charge in [0.1, 0.15) is 0 Å². The van der Waals surface area contributed by atoms with Gasteiger partial charge in [-0.1, -0.05) is 0 Å². The van der Waals surface area contributed by atoms with Gasteiger partial charge in [-0.2, -0.15) is 0 Å². The maximum atomic E-state index is 9.39. The van der Waals surface area contributed by atoms with E-state index in [1.54, 1.807) is 0 Å². The Labute approximate surface area is 23.6 Å². The summed E-state index contributed by atoms with van der Waals surface area (Å²) < 4.78 is 0. The van der Waals surface area contributed by atoms with Crippen molar-refractivity contribution >= 4 is 0 Å². The summed E-state index contributed by atoms with van der Waals surface area (Å²) in [6, 6.07) is 3.74. The molecule has 0 heterocycles. The van der Waals surface area contributed by atoms with E-state index in [-0.39, 0.29) is 5.43 Å². The van der Waals surface area contributed by atoms with Crippen molar-refractivity contribution in [2.45, 2.75) is 0 Å². The molecule has 0 aliphatic rings. The van der Waals surface area contributed by atoms with Crippen LogP contribution >= 0.6 is 0 Å². The third kappa shape index (κ3) is 0.0408. The molecule has 0 saturated carbocycles. The molecule has 1 heteroatoms. The van der Waals surface area contributed by atoms with Crippen molar-refractivity contribution < 1.29 is 0 Å². The zero-order valence-electron chi connectivity index (χ0n) is 1.99. The Balaban J connectivity index is 3.55. The first-order chi connectivity index (χ1) is 1.89. The maximum Gasteiger partial charge on any atom is 0.187 e. The smallest absolute Gasteiger partial charge is 0.187 e. The molecule has 0 fully saturated rings. The second-order valence-electron chi connectivity index (χ2n) is 0.653. The summed E-state index contributed by atoms with van der Waals surface area (Å²) in [4.78, 5) is 9.39. The minimum absolute atomic E-state index is 0.0417. The first-order valence-corrected chi connectivity index (χ1v) is 1.03. The molecule has 0 aromatic heterocycles. The van der Waals surface area contributed by atoms with Crippen molar-refractivity contribution in [1.82, 2.24) is 0 Å². The third-order valence-corrected chi connectivity index (χ3v) is 0.262. The van der Waals surface area contributed by atoms with E-state index in [4.69, 9.17) is 0 Å². The lowest BCUT2D eigenvalue weighted by molar-refractivity contribution is 2.04. The monoisotopic (exact) mass is 53.0 g/mol. The zero-order valence-corrected chi connectivity index (χ0v) is 1.99. The Bertz CT molecular complexity index is 92.1. The molecule has 0 saturated heterocycles. The van der Waals surface area contributed by atoms with Gasteiger partial charge in [-0.05, 0) is 6.07 Å². The molecule has 0 aliphatic carbocycles. The van der Waals surface area contributed by atoms with Crippen molar-refractivity contribution in [3.63, 3.8) is 0 Å². The molecule has 0 aliphatic heterocycles. The Morgan fingerprint density at radius 3 is 2.25 bits per heavy atom. The SMILES string of the molecule is O=c1[c]c1. The molecule has 0 spiro atoms. The van der Waals surface area contributed by atoms with Crippen molar-refractivity contribution in [2.24, 2.45) is 0 Å². The molecular weight excluding hydrogens is 52.0 g/mol. The van der Waals surface area contributed by atoms with E-state index in [9.17, 15) is 4.79 Å². The molecule has 19 valence electrons. The molecule has 1 radical (unpaired) electrons. The highest BCUT2D eigenvalue weighted by Gasteiger charge is 1.80. The van der Waals surface area contributed by atoms with Gasteiger partial charge >= 0.3 is 0 Å². The van der Waals surface area contributed by atoms with Crippen LogP contribution in [0.15, 0.2) is 10.9 Å². The van der Waals surface area contributed by atoms with Gasteiger partial charge in [0.25, 0.3) is 0 Å². The summed E-state index contributed by atoms with van der Waals surface area (Å²) in [6.07, 6.45) is 0. The lowest BCUT2D eigenvalue weighted by atomic mass is 11.1. The molecule has 0 N–H and O–H groups in total. The van der Waals surface area contributed by atoms with E-state index in [2.05, 4.69) is 6.07 Å². The molecule has 0 atom stereocenters. The lowest BCUT2D eigenvalue weighted by Gasteiger charge is -1.11. The summed E-state index contributed by atoms with van der Waals surface area (Å²) >= 11 is 0. The summed E-state index contributed by atoms with van der Waals surface area (Å²) in [7, 11) is 0. The quantitative estimate of drug-likeness (QED) is 0.397. The van der Waals surface area contributed by atoms with Crippen LogP contribution < -0.4 is 5.43 Å². The van der Waals surface area contributed by atoms with E-state index < -0.39 is 0 Å². The Kier molecular flexibility index (Phi) is 0.105. The summed E-state index contributed by atoms with van der Waals surface area (Å²) in [6.45, 7) is 0. The molecule has 1 nitrogen and oxygen atoms in total. The van der Waals surface area contributed by atoms with Crippen LogP contribution in [-0.4, -0.2) is 0 Å². The summed E-state index contributed by atoms with van der Waals surface area (Å²) in [5, 5.41) is 0. The normalized spacial score (nSPS) is 9.00. The highest BCUT2D eigenvalue weighted by Crippen LogP contribution is 1.59. The van der Waals surface area contributed by atoms with Crippen LogP contribution in [-0.2, 0) is 0 Å². The van der Waals surface area contributed by atoms with E-state index in [0.717, 1.165) is 0 Å². The average Bonchev–Trinajstić information content (AvgIpc) is 1.75. The highest BCUT2D eigenvalue weighted by molar-refractivity contribution is 4.97. The van der Waals surface area contributed by atoms with Crippen molar-refractivity contribution in [3.8, 4) is 0 Å². The molecule has 1 rings (SSSR count). The first kappa shape index (κ1) is 1.70. The summed E-state index contributed by atoms with van der Waals surface area (Å²) in [5.74, 6) is 0. The van der Waals surface area contributed by atoms with E-state index in [0.29, 0.717) is 0 Å². The molecule has 4 heavy (non-hydrogen) atoms. The Morgan fingerprint density at radius 1 is 2.00 bits per heavy atom. The topological polar surface area (TPSA) is 17.1 Å². The van der Waals surface area contributed by atoms with Gasteiger partial charge in [-0.25, -0.2) is 0 Å². The van der Waals surface area contributed by atoms with E-state index in [1.165, 1.54) is 6.07 Å². The predicted molar refractivity (Wildman–Crippen MR) is 13.9 cm³/mol. The average molecular weight is 53.0 g/mol. The molecule has 0 amide bonds. The fourth-order valence-corrected chi connectivity index (χ4v) is 0.0295. The molecule has 0 unspecified atom stereocenters. The van der Waals surface area contributed by atoms with Crippen molar-refractivity contribution in [3.05, 3.63) is 22.4 Å². The minimum atomic E-state index is 0.0417. The minimum Gasteiger partial charge on any atom is -0.289 e. The second-order valence-corrected chi connectivity index (χ2v) is 0.653. The van der Waals surface area contributed by atoms with Gasteiger partial charge in [-0.15, -0.1) is 0 Å². The fraction of sp³-hybridized carbons (Fsp3) is 0.